The second kappa shape index (κ2) is 8.06. The van der Waals surface area contributed by atoms with Crippen LogP contribution in [0.1, 0.15) is 41.1 Å². The summed E-state index contributed by atoms with van der Waals surface area (Å²) in [5, 5.41) is 3.97. The second-order valence-electron chi connectivity index (χ2n) is 6.05. The minimum atomic E-state index is -0.240. The summed E-state index contributed by atoms with van der Waals surface area (Å²) < 4.78 is 16.3. The highest BCUT2D eigenvalue weighted by Crippen LogP contribution is 2.28. The number of carbonyl (C=O) groups is 1. The molecule has 5 heteroatoms. The average molecular weight is 353 g/mol. The van der Waals surface area contributed by atoms with Gasteiger partial charge in [0, 0.05) is 18.1 Å². The number of methoxy groups -OCH3 is 2. The smallest absolute Gasteiger partial charge is 0.287 e. The van der Waals surface area contributed by atoms with Crippen LogP contribution < -0.4 is 10.1 Å². The van der Waals surface area contributed by atoms with Gasteiger partial charge >= 0.3 is 0 Å². The molecule has 0 fully saturated rings. The third-order valence-corrected chi connectivity index (χ3v) is 4.42. The summed E-state index contributed by atoms with van der Waals surface area (Å²) in [6, 6.07) is 15.2. The first kappa shape index (κ1) is 18.0. The summed E-state index contributed by atoms with van der Waals surface area (Å²) in [6.07, 6.45) is 0.762. The number of hydrogen-bond donors (Lipinski definition) is 1. The molecule has 0 bridgehead atoms. The molecule has 2 aromatic carbocycles. The van der Waals surface area contributed by atoms with Gasteiger partial charge in [0.1, 0.15) is 11.3 Å². The minimum Gasteiger partial charge on any atom is -0.497 e. The van der Waals surface area contributed by atoms with Gasteiger partial charge in [-0.2, -0.15) is 0 Å². The van der Waals surface area contributed by atoms with E-state index in [0.717, 1.165) is 28.7 Å². The molecule has 0 unspecified atom stereocenters. The van der Waals surface area contributed by atoms with Gasteiger partial charge in [-0.15, -0.1) is 0 Å². The fourth-order valence-electron chi connectivity index (χ4n) is 3.05. The van der Waals surface area contributed by atoms with Gasteiger partial charge in [0.05, 0.1) is 19.8 Å². The van der Waals surface area contributed by atoms with Crippen molar-refractivity contribution in [3.8, 4) is 5.75 Å². The van der Waals surface area contributed by atoms with E-state index in [9.17, 15) is 4.79 Å². The quantitative estimate of drug-likeness (QED) is 0.681. The fourth-order valence-corrected chi connectivity index (χ4v) is 3.05. The van der Waals surface area contributed by atoms with Crippen molar-refractivity contribution in [2.75, 3.05) is 14.2 Å². The van der Waals surface area contributed by atoms with Crippen LogP contribution in [0.5, 0.6) is 5.75 Å². The van der Waals surface area contributed by atoms with Gasteiger partial charge in [0.25, 0.3) is 5.91 Å². The molecule has 1 N–H and O–H groups in total. The highest BCUT2D eigenvalue weighted by Gasteiger charge is 2.22. The molecule has 1 aromatic heterocycles. The van der Waals surface area contributed by atoms with Crippen LogP contribution in [0, 0.1) is 0 Å². The van der Waals surface area contributed by atoms with Crippen molar-refractivity contribution in [1.29, 1.82) is 0 Å². The van der Waals surface area contributed by atoms with Crippen LogP contribution in [0.2, 0.25) is 0 Å². The van der Waals surface area contributed by atoms with E-state index in [1.807, 2.05) is 55.5 Å². The zero-order valence-corrected chi connectivity index (χ0v) is 15.2. The Morgan fingerprint density at radius 3 is 2.50 bits per heavy atom. The second-order valence-corrected chi connectivity index (χ2v) is 6.05. The standard InChI is InChI=1S/C21H23NO4/c1-4-18(14-9-11-15(25-3)12-10-14)22-21(23)20-17(13-24-2)16-7-5-6-8-19(16)26-20/h5-12,18H,4,13H2,1-3H3,(H,22,23)/t18-/m0/s1. The lowest BCUT2D eigenvalue weighted by Crippen LogP contribution is -2.28. The number of para-hydroxylation sites is 1. The molecule has 26 heavy (non-hydrogen) atoms. The van der Waals surface area contributed by atoms with Crippen LogP contribution in [0.25, 0.3) is 11.0 Å². The van der Waals surface area contributed by atoms with Crippen molar-refractivity contribution in [2.45, 2.75) is 26.0 Å². The van der Waals surface area contributed by atoms with E-state index < -0.39 is 0 Å². The molecule has 0 aliphatic carbocycles. The molecule has 0 aliphatic heterocycles. The maximum absolute atomic E-state index is 12.9. The average Bonchev–Trinajstić information content (AvgIpc) is 3.05. The Kier molecular flexibility index (Phi) is 5.58. The predicted molar refractivity (Wildman–Crippen MR) is 100 cm³/mol. The normalized spacial score (nSPS) is 12.1. The summed E-state index contributed by atoms with van der Waals surface area (Å²) >= 11 is 0. The van der Waals surface area contributed by atoms with Crippen LogP contribution in [0.3, 0.4) is 0 Å². The van der Waals surface area contributed by atoms with E-state index >= 15 is 0 Å². The molecule has 0 spiro atoms. The van der Waals surface area contributed by atoms with Crippen LogP contribution in [-0.4, -0.2) is 20.1 Å². The summed E-state index contributed by atoms with van der Waals surface area (Å²) in [7, 11) is 3.24. The monoisotopic (exact) mass is 353 g/mol. The van der Waals surface area contributed by atoms with Gasteiger partial charge in [-0.05, 0) is 30.2 Å². The zero-order valence-electron chi connectivity index (χ0n) is 15.2. The van der Waals surface area contributed by atoms with E-state index in [-0.39, 0.29) is 11.9 Å². The molecule has 0 radical (unpaired) electrons. The molecule has 3 rings (SSSR count). The van der Waals surface area contributed by atoms with Crippen molar-refractivity contribution in [3.05, 3.63) is 65.4 Å². The van der Waals surface area contributed by atoms with Gasteiger partial charge in [-0.25, -0.2) is 0 Å². The van der Waals surface area contributed by atoms with E-state index in [4.69, 9.17) is 13.9 Å². The zero-order chi connectivity index (χ0) is 18.5. The molecule has 5 nitrogen and oxygen atoms in total. The van der Waals surface area contributed by atoms with Gasteiger partial charge < -0.3 is 19.2 Å². The number of hydrogen-bond acceptors (Lipinski definition) is 4. The lowest BCUT2D eigenvalue weighted by atomic mass is 10.0. The van der Waals surface area contributed by atoms with E-state index in [0.29, 0.717) is 18.0 Å². The van der Waals surface area contributed by atoms with Crippen LogP contribution in [0.15, 0.2) is 52.9 Å². The van der Waals surface area contributed by atoms with Gasteiger partial charge in [0.2, 0.25) is 0 Å². The predicted octanol–water partition coefficient (Wildman–Crippen LogP) is 4.47. The Morgan fingerprint density at radius 1 is 1.12 bits per heavy atom. The van der Waals surface area contributed by atoms with Gasteiger partial charge in [-0.3, -0.25) is 4.79 Å². The summed E-state index contributed by atoms with van der Waals surface area (Å²) in [5.74, 6) is 0.852. The Morgan fingerprint density at radius 2 is 1.85 bits per heavy atom. The first-order chi connectivity index (χ1) is 12.7. The Hall–Kier alpha value is -2.79. The molecule has 136 valence electrons. The number of benzene rings is 2. The molecule has 1 heterocycles. The Balaban J connectivity index is 1.88. The van der Waals surface area contributed by atoms with Gasteiger partial charge in [0.15, 0.2) is 5.76 Å². The molecule has 3 aromatic rings. The van der Waals surface area contributed by atoms with E-state index in [1.54, 1.807) is 14.2 Å². The first-order valence-electron chi connectivity index (χ1n) is 8.62. The SMILES string of the molecule is CC[C@H](NC(=O)c1oc2ccccc2c1COC)c1ccc(OC)cc1. The third-order valence-electron chi connectivity index (χ3n) is 4.42. The van der Waals surface area contributed by atoms with Crippen LogP contribution >= 0.6 is 0 Å². The number of rotatable bonds is 7. The van der Waals surface area contributed by atoms with E-state index in [2.05, 4.69) is 5.32 Å². The van der Waals surface area contributed by atoms with Crippen molar-refractivity contribution in [3.63, 3.8) is 0 Å². The van der Waals surface area contributed by atoms with Crippen molar-refractivity contribution >= 4 is 16.9 Å². The summed E-state index contributed by atoms with van der Waals surface area (Å²) in [6.45, 7) is 2.35. The fraction of sp³-hybridized carbons (Fsp3) is 0.286. The molecular weight excluding hydrogens is 330 g/mol. The van der Waals surface area contributed by atoms with Crippen molar-refractivity contribution in [1.82, 2.24) is 5.32 Å². The summed E-state index contributed by atoms with van der Waals surface area (Å²) in [4.78, 5) is 12.9. The van der Waals surface area contributed by atoms with Crippen molar-refractivity contribution in [2.24, 2.45) is 0 Å². The highest BCUT2D eigenvalue weighted by atomic mass is 16.5. The molecule has 1 atom stereocenters. The topological polar surface area (TPSA) is 60.7 Å². The lowest BCUT2D eigenvalue weighted by molar-refractivity contribution is 0.0903. The summed E-state index contributed by atoms with van der Waals surface area (Å²) in [5.41, 5.74) is 2.47. The molecule has 0 saturated heterocycles. The largest absolute Gasteiger partial charge is 0.497 e. The number of amides is 1. The number of fused-ring (bicyclic) bond motifs is 1. The molecule has 0 saturated carbocycles. The van der Waals surface area contributed by atoms with Gasteiger partial charge in [-0.1, -0.05) is 37.3 Å². The lowest BCUT2D eigenvalue weighted by Gasteiger charge is -2.17. The van der Waals surface area contributed by atoms with Crippen LogP contribution in [0.4, 0.5) is 0 Å². The number of nitrogens with one attached hydrogen (secondary N) is 1. The van der Waals surface area contributed by atoms with Crippen molar-refractivity contribution < 1.29 is 18.7 Å². The molecule has 1 amide bonds. The maximum atomic E-state index is 12.9. The Labute approximate surface area is 152 Å². The Bertz CT molecular complexity index is 883. The first-order valence-corrected chi connectivity index (χ1v) is 8.62. The molecular formula is C21H23NO4. The minimum absolute atomic E-state index is 0.114. The number of carbonyl (C=O) groups excluding carboxylic acids is 1. The van der Waals surface area contributed by atoms with Crippen LogP contribution in [-0.2, 0) is 11.3 Å². The number of ether oxygens (including phenoxy) is 2. The highest BCUT2D eigenvalue weighted by molar-refractivity contribution is 5.99. The third kappa shape index (κ3) is 3.58. The number of furan rings is 1. The van der Waals surface area contributed by atoms with E-state index in [1.165, 1.54) is 0 Å². The molecule has 0 aliphatic rings. The maximum Gasteiger partial charge on any atom is 0.287 e.